The number of likely N-dealkylation sites (N-methyl/N-ethyl adjacent to an activating group) is 1. The first-order valence-electron chi connectivity index (χ1n) is 9.03. The quantitative estimate of drug-likeness (QED) is 0.837. The number of rotatable bonds is 5. The average molecular weight is 338 g/mol. The molecular weight excluding hydrogens is 312 g/mol. The lowest BCUT2D eigenvalue weighted by Crippen LogP contribution is -2.43. The minimum Gasteiger partial charge on any atom is -0.492 e. The van der Waals surface area contributed by atoms with Crippen LogP contribution in [-0.4, -0.2) is 41.9 Å². The number of fused-ring (bicyclic) bond motifs is 1. The fourth-order valence-corrected chi connectivity index (χ4v) is 3.42. The molecule has 4 heteroatoms. The summed E-state index contributed by atoms with van der Waals surface area (Å²) in [5.41, 5.74) is 2.17. The number of benzene rings is 2. The normalized spacial score (nSPS) is 15.6. The minimum atomic E-state index is -0.282. The summed E-state index contributed by atoms with van der Waals surface area (Å²) >= 11 is 0. The Morgan fingerprint density at radius 1 is 1.08 bits per heavy atom. The van der Waals surface area contributed by atoms with Gasteiger partial charge in [0.05, 0.1) is 0 Å². The predicted molar refractivity (Wildman–Crippen MR) is 99.5 cm³/mol. The van der Waals surface area contributed by atoms with Crippen molar-refractivity contribution in [1.82, 2.24) is 9.80 Å². The number of carbonyl (C=O) groups is 1. The number of hydrogen-bond acceptors (Lipinski definition) is 3. The van der Waals surface area contributed by atoms with Crippen LogP contribution in [-0.2, 0) is 11.3 Å². The van der Waals surface area contributed by atoms with Gasteiger partial charge in [-0.15, -0.1) is 0 Å². The van der Waals surface area contributed by atoms with E-state index in [0.29, 0.717) is 13.2 Å². The number of carbonyl (C=O) groups excluding carboxylic acids is 1. The van der Waals surface area contributed by atoms with E-state index in [1.807, 2.05) is 67.3 Å². The van der Waals surface area contributed by atoms with E-state index in [-0.39, 0.29) is 11.9 Å². The van der Waals surface area contributed by atoms with Gasteiger partial charge in [0.25, 0.3) is 0 Å². The van der Waals surface area contributed by atoms with E-state index >= 15 is 0 Å². The summed E-state index contributed by atoms with van der Waals surface area (Å²) in [6, 6.07) is 17.9. The maximum Gasteiger partial charge on any atom is 0.244 e. The van der Waals surface area contributed by atoms with E-state index in [1.54, 1.807) is 0 Å². The molecule has 0 aromatic heterocycles. The second-order valence-corrected chi connectivity index (χ2v) is 6.25. The first-order valence-corrected chi connectivity index (χ1v) is 9.03. The van der Waals surface area contributed by atoms with Crippen molar-refractivity contribution < 1.29 is 9.53 Å². The molecule has 1 aliphatic heterocycles. The van der Waals surface area contributed by atoms with Crippen LogP contribution in [0.4, 0.5) is 0 Å². The lowest BCUT2D eigenvalue weighted by Gasteiger charge is -2.33. The standard InChI is InChI=1S/C21H26N2O2/c1-3-22(4-2)21(24)20(17-10-6-5-7-11-17)23-14-15-25-19-13-9-8-12-18(19)16-23/h5-13,20H,3-4,14-16H2,1-2H3. The van der Waals surface area contributed by atoms with Crippen molar-refractivity contribution in [2.45, 2.75) is 26.4 Å². The number of amides is 1. The van der Waals surface area contributed by atoms with E-state index in [1.165, 1.54) is 0 Å². The van der Waals surface area contributed by atoms with Crippen LogP contribution in [0.25, 0.3) is 0 Å². The van der Waals surface area contributed by atoms with Crippen LogP contribution >= 0.6 is 0 Å². The van der Waals surface area contributed by atoms with Gasteiger partial charge in [-0.05, 0) is 25.5 Å². The summed E-state index contributed by atoms with van der Waals surface area (Å²) in [5.74, 6) is 1.09. The number of nitrogens with zero attached hydrogens (tertiary/aromatic N) is 2. The van der Waals surface area contributed by atoms with Gasteiger partial charge in [-0.1, -0.05) is 48.5 Å². The topological polar surface area (TPSA) is 32.8 Å². The first-order chi connectivity index (χ1) is 12.2. The molecule has 25 heavy (non-hydrogen) atoms. The molecule has 0 radical (unpaired) electrons. The minimum absolute atomic E-state index is 0.163. The molecule has 0 fully saturated rings. The molecule has 0 spiro atoms. The summed E-state index contributed by atoms with van der Waals surface area (Å²) in [7, 11) is 0. The molecule has 1 heterocycles. The highest BCUT2D eigenvalue weighted by atomic mass is 16.5. The molecule has 1 unspecified atom stereocenters. The van der Waals surface area contributed by atoms with Crippen LogP contribution in [0.5, 0.6) is 5.75 Å². The Hall–Kier alpha value is -2.33. The molecule has 4 nitrogen and oxygen atoms in total. The molecule has 0 aliphatic carbocycles. The third kappa shape index (κ3) is 3.85. The van der Waals surface area contributed by atoms with E-state index in [0.717, 1.165) is 36.5 Å². The van der Waals surface area contributed by atoms with Gasteiger partial charge in [-0.3, -0.25) is 9.69 Å². The summed E-state index contributed by atoms with van der Waals surface area (Å²) in [4.78, 5) is 17.4. The maximum atomic E-state index is 13.3. The number of ether oxygens (including phenoxy) is 1. The summed E-state index contributed by atoms with van der Waals surface area (Å²) in [6.07, 6.45) is 0. The maximum absolute atomic E-state index is 13.3. The second-order valence-electron chi connectivity index (χ2n) is 6.25. The largest absolute Gasteiger partial charge is 0.492 e. The van der Waals surface area contributed by atoms with Gasteiger partial charge < -0.3 is 9.64 Å². The van der Waals surface area contributed by atoms with Crippen molar-refractivity contribution in [3.63, 3.8) is 0 Å². The van der Waals surface area contributed by atoms with Crippen molar-refractivity contribution in [3.05, 3.63) is 65.7 Å². The molecule has 1 atom stereocenters. The summed E-state index contributed by atoms with van der Waals surface area (Å²) < 4.78 is 5.89. The molecule has 0 N–H and O–H groups in total. The molecule has 2 aromatic rings. The molecule has 1 aliphatic rings. The summed E-state index contributed by atoms with van der Waals surface area (Å²) in [6.45, 7) is 7.53. The fourth-order valence-electron chi connectivity index (χ4n) is 3.42. The lowest BCUT2D eigenvalue weighted by atomic mass is 10.0. The molecule has 3 rings (SSSR count). The van der Waals surface area contributed by atoms with E-state index in [2.05, 4.69) is 11.0 Å². The van der Waals surface area contributed by atoms with E-state index < -0.39 is 0 Å². The lowest BCUT2D eigenvalue weighted by molar-refractivity contribution is -0.137. The Labute approximate surface area is 150 Å². The Morgan fingerprint density at radius 2 is 1.76 bits per heavy atom. The van der Waals surface area contributed by atoms with Crippen LogP contribution in [0.2, 0.25) is 0 Å². The molecule has 0 bridgehead atoms. The zero-order chi connectivity index (χ0) is 17.6. The third-order valence-corrected chi connectivity index (χ3v) is 4.77. The summed E-state index contributed by atoms with van der Waals surface area (Å²) in [5, 5.41) is 0. The van der Waals surface area contributed by atoms with Crippen LogP contribution in [0.1, 0.15) is 31.0 Å². The van der Waals surface area contributed by atoms with Crippen LogP contribution in [0.15, 0.2) is 54.6 Å². The first kappa shape index (κ1) is 17.5. The monoisotopic (exact) mass is 338 g/mol. The van der Waals surface area contributed by atoms with Gasteiger partial charge in [-0.2, -0.15) is 0 Å². The zero-order valence-corrected chi connectivity index (χ0v) is 15.0. The van der Waals surface area contributed by atoms with Crippen molar-refractivity contribution in [2.75, 3.05) is 26.2 Å². The number of para-hydroxylation sites is 1. The van der Waals surface area contributed by atoms with E-state index in [4.69, 9.17) is 4.74 Å². The van der Waals surface area contributed by atoms with Crippen molar-refractivity contribution in [1.29, 1.82) is 0 Å². The van der Waals surface area contributed by atoms with Crippen LogP contribution < -0.4 is 4.74 Å². The fraction of sp³-hybridized carbons (Fsp3) is 0.381. The zero-order valence-electron chi connectivity index (χ0n) is 15.0. The second kappa shape index (κ2) is 8.17. The van der Waals surface area contributed by atoms with Crippen molar-refractivity contribution in [2.24, 2.45) is 0 Å². The van der Waals surface area contributed by atoms with Gasteiger partial charge >= 0.3 is 0 Å². The number of hydrogen-bond donors (Lipinski definition) is 0. The Bertz CT molecular complexity index is 698. The van der Waals surface area contributed by atoms with E-state index in [9.17, 15) is 4.79 Å². The van der Waals surface area contributed by atoms with Gasteiger partial charge in [0.1, 0.15) is 18.4 Å². The smallest absolute Gasteiger partial charge is 0.244 e. The third-order valence-electron chi connectivity index (χ3n) is 4.77. The van der Waals surface area contributed by atoms with Crippen LogP contribution in [0, 0.1) is 0 Å². The Balaban J connectivity index is 1.95. The molecule has 0 saturated heterocycles. The highest BCUT2D eigenvalue weighted by Crippen LogP contribution is 2.30. The predicted octanol–water partition coefficient (Wildman–Crippen LogP) is 3.49. The molecule has 2 aromatic carbocycles. The van der Waals surface area contributed by atoms with Gasteiger partial charge in [0.15, 0.2) is 0 Å². The molecule has 132 valence electrons. The SMILES string of the molecule is CCN(CC)C(=O)C(c1ccccc1)N1CCOc2ccccc2C1. The highest BCUT2D eigenvalue weighted by Gasteiger charge is 2.31. The van der Waals surface area contributed by atoms with Crippen molar-refractivity contribution in [3.8, 4) is 5.75 Å². The van der Waals surface area contributed by atoms with Gasteiger partial charge in [0.2, 0.25) is 5.91 Å². The van der Waals surface area contributed by atoms with Crippen LogP contribution in [0.3, 0.4) is 0 Å². The molecule has 1 amide bonds. The van der Waals surface area contributed by atoms with Gasteiger partial charge in [0, 0.05) is 31.7 Å². The Kier molecular flexibility index (Phi) is 5.71. The average Bonchev–Trinajstić information content (AvgIpc) is 2.86. The highest BCUT2D eigenvalue weighted by molar-refractivity contribution is 5.83. The van der Waals surface area contributed by atoms with Crippen molar-refractivity contribution >= 4 is 5.91 Å². The van der Waals surface area contributed by atoms with Gasteiger partial charge in [-0.25, -0.2) is 0 Å². The molecular formula is C21H26N2O2. The molecule has 0 saturated carbocycles. The Morgan fingerprint density at radius 3 is 2.48 bits per heavy atom.